The van der Waals surface area contributed by atoms with Gasteiger partial charge < -0.3 is 10.1 Å². The molecule has 0 saturated heterocycles. The van der Waals surface area contributed by atoms with Crippen LogP contribution in [0.2, 0.25) is 0 Å². The van der Waals surface area contributed by atoms with E-state index in [0.29, 0.717) is 41.5 Å². The average molecular weight is 459 g/mol. The number of ether oxygens (including phenoxy) is 1. The molecule has 0 fully saturated rings. The second-order valence-electron chi connectivity index (χ2n) is 7.30. The molecule has 1 heterocycles. The van der Waals surface area contributed by atoms with Crippen LogP contribution in [-0.2, 0) is 4.79 Å². The van der Waals surface area contributed by atoms with Crippen LogP contribution in [0.1, 0.15) is 47.4 Å². The van der Waals surface area contributed by atoms with Crippen molar-refractivity contribution in [2.45, 2.75) is 26.7 Å². The topological polar surface area (TPSA) is 75.7 Å². The molecule has 0 aliphatic carbocycles. The fraction of sp³-hybridized carbons (Fsp3) is 0.318. The fourth-order valence-electron chi connectivity index (χ4n) is 3.03. The highest BCUT2D eigenvalue weighted by atomic mass is 79.9. The SMILES string of the molecule is CC(C)COc1ccccc1NC(=O)CCCN1C(=O)c2ccc(Br)cc2C1=O. The lowest BCUT2D eigenvalue weighted by Gasteiger charge is -2.15. The smallest absolute Gasteiger partial charge is 0.261 e. The number of fused-ring (bicyclic) bond motifs is 1. The number of imide groups is 1. The number of hydrogen-bond donors (Lipinski definition) is 1. The van der Waals surface area contributed by atoms with Crippen molar-refractivity contribution in [1.82, 2.24) is 4.90 Å². The molecule has 1 aliphatic rings. The maximum absolute atomic E-state index is 12.5. The van der Waals surface area contributed by atoms with Crippen molar-refractivity contribution in [3.05, 3.63) is 58.1 Å². The molecule has 0 unspecified atom stereocenters. The van der Waals surface area contributed by atoms with Crippen LogP contribution in [-0.4, -0.2) is 35.8 Å². The Hall–Kier alpha value is -2.67. The summed E-state index contributed by atoms with van der Waals surface area (Å²) < 4.78 is 6.49. The maximum atomic E-state index is 12.5. The predicted molar refractivity (Wildman–Crippen MR) is 114 cm³/mol. The van der Waals surface area contributed by atoms with Crippen LogP contribution >= 0.6 is 15.9 Å². The molecule has 152 valence electrons. The number of carbonyl (C=O) groups excluding carboxylic acids is 3. The first-order valence-electron chi connectivity index (χ1n) is 9.54. The first kappa shape index (κ1) is 21.0. The molecule has 3 amide bonds. The van der Waals surface area contributed by atoms with E-state index in [9.17, 15) is 14.4 Å². The summed E-state index contributed by atoms with van der Waals surface area (Å²) >= 11 is 3.31. The van der Waals surface area contributed by atoms with E-state index in [1.54, 1.807) is 24.3 Å². The Balaban J connectivity index is 1.54. The van der Waals surface area contributed by atoms with Crippen molar-refractivity contribution in [3.63, 3.8) is 0 Å². The summed E-state index contributed by atoms with van der Waals surface area (Å²) in [5.74, 6) is 0.175. The van der Waals surface area contributed by atoms with E-state index in [1.807, 2.05) is 18.2 Å². The van der Waals surface area contributed by atoms with Gasteiger partial charge in [-0.05, 0) is 42.7 Å². The number of anilines is 1. The van der Waals surface area contributed by atoms with Crippen molar-refractivity contribution >= 4 is 39.3 Å². The van der Waals surface area contributed by atoms with E-state index in [-0.39, 0.29) is 30.7 Å². The summed E-state index contributed by atoms with van der Waals surface area (Å²) in [5, 5.41) is 2.85. The van der Waals surface area contributed by atoms with Gasteiger partial charge in [0.25, 0.3) is 11.8 Å². The monoisotopic (exact) mass is 458 g/mol. The third-order valence-corrected chi connectivity index (χ3v) is 4.94. The molecule has 0 atom stereocenters. The molecule has 2 aromatic carbocycles. The van der Waals surface area contributed by atoms with Crippen LogP contribution < -0.4 is 10.1 Å². The average Bonchev–Trinajstić information content (AvgIpc) is 2.91. The molecule has 1 N–H and O–H groups in total. The van der Waals surface area contributed by atoms with Crippen LogP contribution in [0.15, 0.2) is 46.9 Å². The minimum absolute atomic E-state index is 0.190. The minimum Gasteiger partial charge on any atom is -0.491 e. The van der Waals surface area contributed by atoms with Crippen molar-refractivity contribution in [3.8, 4) is 5.75 Å². The summed E-state index contributed by atoms with van der Waals surface area (Å²) in [5.41, 5.74) is 1.41. The first-order valence-corrected chi connectivity index (χ1v) is 10.3. The van der Waals surface area contributed by atoms with Gasteiger partial charge in [0.05, 0.1) is 23.4 Å². The van der Waals surface area contributed by atoms with E-state index in [0.717, 1.165) is 4.47 Å². The standard InChI is InChI=1S/C22H23BrN2O4/c1-14(2)13-29-19-7-4-3-6-18(19)24-20(26)8-5-11-25-21(27)16-10-9-15(23)12-17(16)22(25)28/h3-4,6-7,9-10,12,14H,5,8,11,13H2,1-2H3,(H,24,26). The molecule has 3 rings (SSSR count). The number of hydrogen-bond acceptors (Lipinski definition) is 4. The first-order chi connectivity index (χ1) is 13.9. The number of halogens is 1. The van der Waals surface area contributed by atoms with Crippen LogP contribution in [0.5, 0.6) is 5.75 Å². The van der Waals surface area contributed by atoms with Crippen molar-refractivity contribution in [1.29, 1.82) is 0 Å². The van der Waals surface area contributed by atoms with Gasteiger partial charge in [0.1, 0.15) is 5.75 Å². The molecular formula is C22H23BrN2O4. The fourth-order valence-corrected chi connectivity index (χ4v) is 3.39. The molecule has 0 radical (unpaired) electrons. The lowest BCUT2D eigenvalue weighted by Crippen LogP contribution is -2.31. The van der Waals surface area contributed by atoms with Gasteiger partial charge in [0.2, 0.25) is 5.91 Å². The van der Waals surface area contributed by atoms with Gasteiger partial charge in [-0.3, -0.25) is 19.3 Å². The zero-order valence-electron chi connectivity index (χ0n) is 16.4. The van der Waals surface area contributed by atoms with Gasteiger partial charge in [0.15, 0.2) is 0 Å². The van der Waals surface area contributed by atoms with Crippen LogP contribution in [0, 0.1) is 5.92 Å². The van der Waals surface area contributed by atoms with Crippen LogP contribution in [0.4, 0.5) is 5.69 Å². The number of rotatable bonds is 8. The normalized spacial score (nSPS) is 13.0. The second kappa shape index (κ2) is 9.22. The molecule has 7 heteroatoms. The second-order valence-corrected chi connectivity index (χ2v) is 8.22. The molecule has 0 saturated carbocycles. The molecule has 6 nitrogen and oxygen atoms in total. The highest BCUT2D eigenvalue weighted by molar-refractivity contribution is 9.10. The molecule has 29 heavy (non-hydrogen) atoms. The van der Waals surface area contributed by atoms with Crippen LogP contribution in [0.25, 0.3) is 0 Å². The molecular weight excluding hydrogens is 436 g/mol. The third-order valence-electron chi connectivity index (χ3n) is 4.45. The van der Waals surface area contributed by atoms with E-state index in [2.05, 4.69) is 35.1 Å². The summed E-state index contributed by atoms with van der Waals surface area (Å²) in [6.45, 7) is 4.86. The van der Waals surface area contributed by atoms with E-state index in [4.69, 9.17) is 4.74 Å². The zero-order chi connectivity index (χ0) is 21.0. The highest BCUT2D eigenvalue weighted by Crippen LogP contribution is 2.27. The predicted octanol–water partition coefficient (Wildman–Crippen LogP) is 4.50. The third kappa shape index (κ3) is 5.03. The molecule has 0 aromatic heterocycles. The molecule has 2 aromatic rings. The van der Waals surface area contributed by atoms with Gasteiger partial charge in [-0.25, -0.2) is 0 Å². The molecule has 0 bridgehead atoms. The van der Waals surface area contributed by atoms with Gasteiger partial charge in [-0.15, -0.1) is 0 Å². The quantitative estimate of drug-likeness (QED) is 0.590. The Morgan fingerprint density at radius 1 is 1.10 bits per heavy atom. The number of nitrogens with zero attached hydrogens (tertiary/aromatic N) is 1. The van der Waals surface area contributed by atoms with Crippen molar-refractivity contribution in [2.75, 3.05) is 18.5 Å². The Morgan fingerprint density at radius 2 is 1.83 bits per heavy atom. The minimum atomic E-state index is -0.320. The van der Waals surface area contributed by atoms with Gasteiger partial charge in [0, 0.05) is 17.4 Å². The van der Waals surface area contributed by atoms with E-state index in [1.165, 1.54) is 4.90 Å². The highest BCUT2D eigenvalue weighted by Gasteiger charge is 2.35. The Labute approximate surface area is 178 Å². The zero-order valence-corrected chi connectivity index (χ0v) is 18.0. The van der Waals surface area contributed by atoms with E-state index >= 15 is 0 Å². The van der Waals surface area contributed by atoms with Crippen molar-refractivity contribution < 1.29 is 19.1 Å². The Morgan fingerprint density at radius 3 is 2.59 bits per heavy atom. The van der Waals surface area contributed by atoms with Gasteiger partial charge >= 0.3 is 0 Å². The number of amides is 3. The molecule has 0 spiro atoms. The number of benzene rings is 2. The number of nitrogens with one attached hydrogen (secondary N) is 1. The Bertz CT molecular complexity index is 942. The number of para-hydroxylation sites is 2. The molecule has 1 aliphatic heterocycles. The summed E-state index contributed by atoms with van der Waals surface area (Å²) in [6.07, 6.45) is 0.573. The van der Waals surface area contributed by atoms with E-state index < -0.39 is 0 Å². The number of carbonyl (C=O) groups is 3. The maximum Gasteiger partial charge on any atom is 0.261 e. The summed E-state index contributed by atoms with van der Waals surface area (Å²) in [7, 11) is 0. The van der Waals surface area contributed by atoms with Gasteiger partial charge in [-0.1, -0.05) is 41.9 Å². The van der Waals surface area contributed by atoms with Crippen LogP contribution in [0.3, 0.4) is 0 Å². The summed E-state index contributed by atoms with van der Waals surface area (Å²) in [4.78, 5) is 38.4. The summed E-state index contributed by atoms with van der Waals surface area (Å²) in [6, 6.07) is 12.3. The largest absolute Gasteiger partial charge is 0.491 e. The Kier molecular flexibility index (Phi) is 6.69. The lowest BCUT2D eigenvalue weighted by molar-refractivity contribution is -0.116. The van der Waals surface area contributed by atoms with Crippen molar-refractivity contribution in [2.24, 2.45) is 5.92 Å². The lowest BCUT2D eigenvalue weighted by atomic mass is 10.1. The van der Waals surface area contributed by atoms with Gasteiger partial charge in [-0.2, -0.15) is 0 Å².